The number of thioether (sulfide) groups is 2. The van der Waals surface area contributed by atoms with Crippen LogP contribution in [0.25, 0.3) is 0 Å². The first-order chi connectivity index (χ1) is 19.4. The van der Waals surface area contributed by atoms with Crippen molar-refractivity contribution in [3.05, 3.63) is 27.8 Å². The fourth-order valence-corrected chi connectivity index (χ4v) is 5.98. The molecule has 0 saturated carbocycles. The number of carboxylic acid groups (broad SMARTS) is 2. The van der Waals surface area contributed by atoms with Crippen molar-refractivity contribution < 1.29 is 52.0 Å². The van der Waals surface area contributed by atoms with Crippen LogP contribution in [0.1, 0.15) is 61.9 Å². The Labute approximate surface area is 258 Å². The summed E-state index contributed by atoms with van der Waals surface area (Å²) < 4.78 is 42.0. The first-order valence-corrected chi connectivity index (χ1v) is 15.8. The van der Waals surface area contributed by atoms with Crippen LogP contribution in [-0.4, -0.2) is 75.8 Å². The van der Waals surface area contributed by atoms with Crippen LogP contribution in [0.15, 0.2) is 0 Å². The van der Waals surface area contributed by atoms with Crippen LogP contribution in [0.3, 0.4) is 0 Å². The number of aliphatic carboxylic acids is 2. The molecule has 2 unspecified atom stereocenters. The molecule has 0 aliphatic heterocycles. The lowest BCUT2D eigenvalue weighted by Gasteiger charge is -2.26. The molecule has 0 amide bonds. The number of alkyl halides is 3. The van der Waals surface area contributed by atoms with E-state index < -0.39 is 24.2 Å². The number of hydrogen-bond donors (Lipinski definition) is 4. The Balaban J connectivity index is 0.00000212. The lowest BCUT2D eigenvalue weighted by Crippen LogP contribution is -2.30. The van der Waals surface area contributed by atoms with E-state index in [0.717, 1.165) is 33.5 Å². The Bertz CT molecular complexity index is 1030. The van der Waals surface area contributed by atoms with Crippen LogP contribution in [0.5, 0.6) is 0 Å². The maximum absolute atomic E-state index is 12.1. The largest absolute Gasteiger partial charge is 0.490 e. The summed E-state index contributed by atoms with van der Waals surface area (Å²) >= 11 is 7.19. The summed E-state index contributed by atoms with van der Waals surface area (Å²) in [5.41, 5.74) is 5.88. The van der Waals surface area contributed by atoms with Gasteiger partial charge in [-0.25, -0.2) is 9.59 Å². The molecule has 3 N–H and O–H groups in total. The molecule has 42 heavy (non-hydrogen) atoms. The molecule has 0 spiro atoms. The highest BCUT2D eigenvalue weighted by atomic mass is 32.2. The van der Waals surface area contributed by atoms with Crippen LogP contribution in [-0.2, 0) is 40.2 Å². The number of halogens is 3. The van der Waals surface area contributed by atoms with E-state index in [1.165, 1.54) is 23.5 Å². The summed E-state index contributed by atoms with van der Waals surface area (Å²) in [6.07, 6.45) is -4.71. The minimum atomic E-state index is -5.08. The topological polar surface area (TPSA) is 139 Å². The zero-order valence-electron chi connectivity index (χ0n) is 24.7. The van der Waals surface area contributed by atoms with Gasteiger partial charge in [0, 0.05) is 17.2 Å². The number of benzene rings is 1. The summed E-state index contributed by atoms with van der Waals surface area (Å²) in [5.74, 6) is -2.61. The second-order valence-electron chi connectivity index (χ2n) is 8.97. The average Bonchev–Trinajstić information content (AvgIpc) is 2.89. The first-order valence-electron chi connectivity index (χ1n) is 13.0. The van der Waals surface area contributed by atoms with Crippen LogP contribution in [0, 0.1) is 20.8 Å². The molecule has 0 saturated heterocycles. The van der Waals surface area contributed by atoms with E-state index >= 15 is 0 Å². The van der Waals surface area contributed by atoms with Crippen molar-refractivity contribution in [1.29, 1.82) is 0 Å². The molecule has 240 valence electrons. The number of carbonyl (C=O) groups excluding carboxylic acids is 2. The van der Waals surface area contributed by atoms with Gasteiger partial charge in [-0.1, -0.05) is 0 Å². The number of hydrogen-bond acceptors (Lipinski definition) is 10. The number of thiol groups is 1. The maximum Gasteiger partial charge on any atom is 0.490 e. The predicted octanol–water partition coefficient (Wildman–Crippen LogP) is 5.80. The van der Waals surface area contributed by atoms with Crippen molar-refractivity contribution in [3.63, 3.8) is 0 Å². The second kappa shape index (κ2) is 19.1. The lowest BCUT2D eigenvalue weighted by molar-refractivity contribution is -0.192. The van der Waals surface area contributed by atoms with Crippen LogP contribution in [0.2, 0.25) is 0 Å². The number of ether oxygens (including phenoxy) is 2. The third-order valence-electron chi connectivity index (χ3n) is 6.03. The van der Waals surface area contributed by atoms with E-state index in [2.05, 4.69) is 17.9 Å². The average molecular weight is 660 g/mol. The molecule has 0 fully saturated rings. The van der Waals surface area contributed by atoms with E-state index in [0.29, 0.717) is 36.9 Å². The molecule has 0 aliphatic rings. The molecular formula is C27H40F3NO8S3. The minimum absolute atomic E-state index is 0.253. The molecule has 3 atom stereocenters. The van der Waals surface area contributed by atoms with Gasteiger partial charge in [0.25, 0.3) is 0 Å². The lowest BCUT2D eigenvalue weighted by atomic mass is 9.92. The fourth-order valence-electron chi connectivity index (χ4n) is 3.61. The first kappa shape index (κ1) is 39.7. The molecule has 0 radical (unpaired) electrons. The summed E-state index contributed by atoms with van der Waals surface area (Å²) in [7, 11) is 0. The van der Waals surface area contributed by atoms with E-state index in [9.17, 15) is 32.7 Å². The summed E-state index contributed by atoms with van der Waals surface area (Å²) in [6.45, 7) is 13.9. The van der Waals surface area contributed by atoms with Crippen molar-refractivity contribution in [2.75, 3.05) is 24.3 Å². The molecule has 15 heteroatoms. The van der Waals surface area contributed by atoms with E-state index in [-0.39, 0.29) is 22.4 Å². The Morgan fingerprint density at radius 1 is 0.857 bits per heavy atom. The predicted molar refractivity (Wildman–Crippen MR) is 163 cm³/mol. The molecule has 1 aromatic rings. The number of anilines is 1. The van der Waals surface area contributed by atoms with Crippen molar-refractivity contribution in [3.8, 4) is 0 Å². The number of rotatable bonds is 15. The van der Waals surface area contributed by atoms with Gasteiger partial charge in [-0.2, -0.15) is 25.8 Å². The van der Waals surface area contributed by atoms with Gasteiger partial charge in [0.1, 0.15) is 6.04 Å². The summed E-state index contributed by atoms with van der Waals surface area (Å²) in [6, 6.07) is -0.773. The van der Waals surface area contributed by atoms with Crippen molar-refractivity contribution in [2.45, 2.75) is 89.1 Å². The van der Waals surface area contributed by atoms with Crippen LogP contribution >= 0.6 is 36.2 Å². The highest BCUT2D eigenvalue weighted by Crippen LogP contribution is 2.37. The smallest absolute Gasteiger partial charge is 0.480 e. The summed E-state index contributed by atoms with van der Waals surface area (Å²) in [4.78, 5) is 45.0. The normalized spacial score (nSPS) is 13.2. The molecule has 0 bridgehead atoms. The maximum atomic E-state index is 12.1. The monoisotopic (exact) mass is 659 g/mol. The Morgan fingerprint density at radius 2 is 1.24 bits per heavy atom. The van der Waals surface area contributed by atoms with E-state index in [1.807, 2.05) is 34.6 Å². The quantitative estimate of drug-likeness (QED) is 0.134. The van der Waals surface area contributed by atoms with E-state index in [4.69, 9.17) is 19.4 Å². The minimum Gasteiger partial charge on any atom is -0.480 e. The summed E-state index contributed by atoms with van der Waals surface area (Å²) in [5, 5.41) is 19.4. The fraction of sp³-hybridized carbons (Fsp3) is 0.630. The molecule has 0 aromatic heterocycles. The highest BCUT2D eigenvalue weighted by Gasteiger charge is 2.38. The van der Waals surface area contributed by atoms with Crippen molar-refractivity contribution in [1.82, 2.24) is 0 Å². The molecular weight excluding hydrogens is 619 g/mol. The standard InChI is InChI=1S/C25H39NO6S3.C2HF3O2/c1-8-31-24(29)17(6)34-12-19-14(3)20(13-35-18(7)25(30)32-9-2)16(5)22(15(19)4)26-21(10-11-33)23(27)28;3-2(4,5)1(6)7/h17-18,21,26,33H,8-13H2,1-7H3,(H,27,28);(H,6,7)/t17?,18?,21-;/m0./s1. The molecule has 0 aliphatic carbocycles. The number of carboxylic acids is 2. The zero-order chi connectivity index (χ0) is 32.8. The van der Waals surface area contributed by atoms with Gasteiger partial charge < -0.3 is 25.0 Å². The van der Waals surface area contributed by atoms with Crippen LogP contribution < -0.4 is 5.32 Å². The number of nitrogens with one attached hydrogen (secondary N) is 1. The molecule has 1 aromatic carbocycles. The highest BCUT2D eigenvalue weighted by molar-refractivity contribution is 8.00. The van der Waals surface area contributed by atoms with E-state index in [1.54, 1.807) is 13.8 Å². The van der Waals surface area contributed by atoms with Gasteiger partial charge in [-0.15, -0.1) is 23.5 Å². The Hall–Kier alpha value is -2.26. The zero-order valence-corrected chi connectivity index (χ0v) is 27.2. The third kappa shape index (κ3) is 12.9. The molecule has 0 heterocycles. The van der Waals surface area contributed by atoms with Crippen molar-refractivity contribution in [2.24, 2.45) is 0 Å². The van der Waals surface area contributed by atoms with Gasteiger partial charge in [0.15, 0.2) is 0 Å². The van der Waals surface area contributed by atoms with Gasteiger partial charge >= 0.3 is 30.1 Å². The third-order valence-corrected chi connectivity index (χ3v) is 8.58. The van der Waals surface area contributed by atoms with Gasteiger partial charge in [-0.05, 0) is 88.5 Å². The van der Waals surface area contributed by atoms with Gasteiger partial charge in [-0.3, -0.25) is 9.59 Å². The van der Waals surface area contributed by atoms with Crippen molar-refractivity contribution >= 4 is 65.7 Å². The number of carbonyl (C=O) groups is 4. The van der Waals surface area contributed by atoms with Gasteiger partial charge in [0.2, 0.25) is 0 Å². The Morgan fingerprint density at radius 3 is 1.52 bits per heavy atom. The Kier molecular flexibility index (Phi) is 18.1. The SMILES string of the molecule is CCOC(=O)C(C)SCc1c(C)c(CSC(C)C(=O)OCC)c(C)c(N[C@@H](CCS)C(=O)O)c1C.O=C(O)C(F)(F)F. The molecule has 9 nitrogen and oxygen atoms in total. The van der Waals surface area contributed by atoms with Crippen LogP contribution in [0.4, 0.5) is 18.9 Å². The number of esters is 2. The van der Waals surface area contributed by atoms with Gasteiger partial charge in [0.05, 0.1) is 23.7 Å². The molecule has 1 rings (SSSR count). The second-order valence-corrected chi connectivity index (χ2v) is 12.1.